The van der Waals surface area contributed by atoms with Crippen molar-refractivity contribution in [3.8, 4) is 0 Å². The Labute approximate surface area is 55.5 Å². The lowest BCUT2D eigenvalue weighted by atomic mass is 10.5. The molecule has 8 heavy (non-hydrogen) atoms. The second kappa shape index (κ2) is 2.68. The molecule has 0 aliphatic carbocycles. The van der Waals surface area contributed by atoms with E-state index in [4.69, 9.17) is 0 Å². The maximum Gasteiger partial charge on any atom is 0.394 e. The van der Waals surface area contributed by atoms with Gasteiger partial charge in [-0.05, 0) is 0 Å². The highest BCUT2D eigenvalue weighted by atomic mass is 32.1. The summed E-state index contributed by atoms with van der Waals surface area (Å²) in [7, 11) is 0. The fourth-order valence-corrected chi connectivity index (χ4v) is 0.514. The predicted molar refractivity (Wildman–Crippen MR) is 32.3 cm³/mol. The summed E-state index contributed by atoms with van der Waals surface area (Å²) in [6, 6.07) is 0. The first-order valence-electron chi connectivity index (χ1n) is 1.70. The predicted octanol–water partition coefficient (Wildman–Crippen LogP) is 2.20. The monoisotopic (exact) mass is 160 g/mol. The van der Waals surface area contributed by atoms with Crippen LogP contribution in [0.1, 0.15) is 6.42 Å². The van der Waals surface area contributed by atoms with Crippen molar-refractivity contribution in [1.82, 2.24) is 0 Å². The van der Waals surface area contributed by atoms with Crippen LogP contribution in [0.5, 0.6) is 0 Å². The van der Waals surface area contributed by atoms with Gasteiger partial charge in [0.2, 0.25) is 0 Å². The van der Waals surface area contributed by atoms with Crippen molar-refractivity contribution in [3.63, 3.8) is 0 Å². The van der Waals surface area contributed by atoms with Crippen molar-refractivity contribution >= 4 is 29.0 Å². The topological polar surface area (TPSA) is 0 Å². The average Bonchev–Trinajstić information content (AvgIpc) is 1.21. The van der Waals surface area contributed by atoms with E-state index in [0.29, 0.717) is 0 Å². The minimum atomic E-state index is -4.20. The number of alkyl halides is 3. The highest BCUT2D eigenvalue weighted by Gasteiger charge is 2.27. The minimum absolute atomic E-state index is 0.322. The number of hydrogen-bond acceptors (Lipinski definition) is 1. The maximum absolute atomic E-state index is 11.2. The van der Waals surface area contributed by atoms with Crippen molar-refractivity contribution < 1.29 is 13.2 Å². The molecule has 0 nitrogen and oxygen atoms in total. The molecule has 0 bridgehead atoms. The van der Waals surface area contributed by atoms with Crippen LogP contribution in [0.15, 0.2) is 0 Å². The van der Waals surface area contributed by atoms with Crippen molar-refractivity contribution in [2.45, 2.75) is 12.6 Å². The third-order valence-electron chi connectivity index (χ3n) is 0.352. The van der Waals surface area contributed by atoms with E-state index in [9.17, 15) is 13.2 Å². The molecule has 0 saturated heterocycles. The third-order valence-corrected chi connectivity index (χ3v) is 0.654. The summed E-state index contributed by atoms with van der Waals surface area (Å²) in [5.41, 5.74) is 0. The molecule has 0 rings (SSSR count). The lowest BCUT2D eigenvalue weighted by Gasteiger charge is -2.01. The molecule has 0 aromatic carbocycles. The molecule has 0 amide bonds. The first kappa shape index (κ1) is 8.23. The summed E-state index contributed by atoms with van der Waals surface area (Å²) in [5, 5.41) is 0. The molecular weight excluding hydrogens is 157 g/mol. The number of rotatable bonds is 1. The summed E-state index contributed by atoms with van der Waals surface area (Å²) in [4.78, 5) is 0. The first-order valence-corrected chi connectivity index (χ1v) is 2.56. The normalized spacial score (nSPS) is 11.5. The molecule has 0 radical (unpaired) electrons. The Morgan fingerprint density at radius 3 is 1.88 bits per heavy atom. The molecule has 5 heteroatoms. The largest absolute Gasteiger partial charge is 0.394 e. The molecule has 0 aromatic rings. The van der Waals surface area contributed by atoms with E-state index in [-0.39, 0.29) is 4.20 Å². The van der Waals surface area contributed by atoms with Crippen LogP contribution in [0.3, 0.4) is 0 Å². The van der Waals surface area contributed by atoms with Gasteiger partial charge in [-0.25, -0.2) is 0 Å². The lowest BCUT2D eigenvalue weighted by molar-refractivity contribution is -0.120. The molecule has 0 heterocycles. The van der Waals surface area contributed by atoms with Crippen LogP contribution < -0.4 is 0 Å². The molecule has 0 aromatic heterocycles. The van der Waals surface area contributed by atoms with E-state index in [2.05, 4.69) is 24.8 Å². The van der Waals surface area contributed by atoms with Crippen molar-refractivity contribution in [2.75, 3.05) is 0 Å². The lowest BCUT2D eigenvalue weighted by Crippen LogP contribution is -2.09. The van der Waals surface area contributed by atoms with Gasteiger partial charge in [-0.3, -0.25) is 0 Å². The molecule has 0 spiro atoms. The first-order chi connectivity index (χ1) is 3.42. The molecule has 0 atom stereocenters. The van der Waals surface area contributed by atoms with Crippen molar-refractivity contribution in [1.29, 1.82) is 0 Å². The number of thiol groups is 1. The summed E-state index contributed by atoms with van der Waals surface area (Å²) in [5.74, 6) is 0. The van der Waals surface area contributed by atoms with Gasteiger partial charge in [-0.1, -0.05) is 12.2 Å². The smallest absolute Gasteiger partial charge is 0.171 e. The Morgan fingerprint density at radius 2 is 1.88 bits per heavy atom. The van der Waals surface area contributed by atoms with Crippen molar-refractivity contribution in [2.24, 2.45) is 0 Å². The van der Waals surface area contributed by atoms with E-state index >= 15 is 0 Å². The van der Waals surface area contributed by atoms with Gasteiger partial charge in [-0.15, -0.1) is 12.6 Å². The van der Waals surface area contributed by atoms with Gasteiger partial charge in [0.05, 0.1) is 10.6 Å². The summed E-state index contributed by atoms with van der Waals surface area (Å²) in [6.45, 7) is 0. The van der Waals surface area contributed by atoms with Gasteiger partial charge < -0.3 is 0 Å². The van der Waals surface area contributed by atoms with Gasteiger partial charge in [-0.2, -0.15) is 13.2 Å². The summed E-state index contributed by atoms with van der Waals surface area (Å²) in [6.07, 6.45) is -5.27. The Kier molecular flexibility index (Phi) is 2.76. The molecule has 0 saturated carbocycles. The van der Waals surface area contributed by atoms with Gasteiger partial charge >= 0.3 is 6.18 Å². The highest BCUT2D eigenvalue weighted by molar-refractivity contribution is 8.11. The zero-order valence-electron chi connectivity index (χ0n) is 3.70. The highest BCUT2D eigenvalue weighted by Crippen LogP contribution is 2.20. The van der Waals surface area contributed by atoms with Crippen molar-refractivity contribution in [3.05, 3.63) is 0 Å². The standard InChI is InChI=1S/C3H3F3S2/c4-3(5,6)1-2(7)8/h1H2,(H,7,8). The quantitative estimate of drug-likeness (QED) is 0.453. The van der Waals surface area contributed by atoms with Gasteiger partial charge in [0.1, 0.15) is 0 Å². The molecular formula is C3H3F3S2. The second-order valence-electron chi connectivity index (χ2n) is 1.19. The Hall–Kier alpha value is 0.230. The Morgan fingerprint density at radius 1 is 1.50 bits per heavy atom. The zero-order chi connectivity index (χ0) is 6.78. The molecule has 0 aliphatic rings. The zero-order valence-corrected chi connectivity index (χ0v) is 5.41. The van der Waals surface area contributed by atoms with Crippen LogP contribution in [0, 0.1) is 0 Å². The van der Waals surface area contributed by atoms with Gasteiger partial charge in [0.15, 0.2) is 0 Å². The van der Waals surface area contributed by atoms with Gasteiger partial charge in [0, 0.05) is 0 Å². The summed E-state index contributed by atoms with van der Waals surface area (Å²) >= 11 is 7.39. The van der Waals surface area contributed by atoms with Crippen LogP contribution >= 0.6 is 24.8 Å². The maximum atomic E-state index is 11.2. The Balaban J connectivity index is 3.55. The minimum Gasteiger partial charge on any atom is -0.171 e. The molecule has 48 valence electrons. The van der Waals surface area contributed by atoms with E-state index in [1.165, 1.54) is 0 Å². The van der Waals surface area contributed by atoms with E-state index in [0.717, 1.165) is 0 Å². The van der Waals surface area contributed by atoms with Crippen LogP contribution in [0.4, 0.5) is 13.2 Å². The fraction of sp³-hybridized carbons (Fsp3) is 0.667. The molecule has 0 unspecified atom stereocenters. The second-order valence-corrected chi connectivity index (χ2v) is 2.52. The van der Waals surface area contributed by atoms with E-state index < -0.39 is 12.6 Å². The molecule has 0 N–H and O–H groups in total. The number of thiocarbonyl (C=S) groups is 1. The van der Waals surface area contributed by atoms with Gasteiger partial charge in [0.25, 0.3) is 0 Å². The van der Waals surface area contributed by atoms with Crippen LogP contribution in [-0.2, 0) is 0 Å². The Bertz CT molecular complexity index is 95.2. The van der Waals surface area contributed by atoms with E-state index in [1.807, 2.05) is 0 Å². The fourth-order valence-electron chi connectivity index (χ4n) is 0.171. The van der Waals surface area contributed by atoms with E-state index in [1.54, 1.807) is 0 Å². The summed E-state index contributed by atoms with van der Waals surface area (Å²) < 4.78 is 33.2. The SMILES string of the molecule is FC(F)(F)CC(=S)S. The number of halogens is 3. The number of hydrogen-bond donors (Lipinski definition) is 1. The van der Waals surface area contributed by atoms with Crippen LogP contribution in [-0.4, -0.2) is 10.4 Å². The van der Waals surface area contributed by atoms with Crippen LogP contribution in [0.2, 0.25) is 0 Å². The third kappa shape index (κ3) is 6.23. The molecule has 0 fully saturated rings. The van der Waals surface area contributed by atoms with Crippen LogP contribution in [0.25, 0.3) is 0 Å². The average molecular weight is 160 g/mol. The molecule has 0 aliphatic heterocycles.